The molecule has 0 bridgehead atoms. The summed E-state index contributed by atoms with van der Waals surface area (Å²) in [7, 11) is 0. The predicted octanol–water partition coefficient (Wildman–Crippen LogP) is 2.86. The van der Waals surface area contributed by atoms with Crippen molar-refractivity contribution in [1.82, 2.24) is 9.97 Å². The van der Waals surface area contributed by atoms with Gasteiger partial charge in [0, 0.05) is 0 Å². The van der Waals surface area contributed by atoms with Gasteiger partial charge in [-0.1, -0.05) is 11.8 Å². The second kappa shape index (κ2) is 4.08. The van der Waals surface area contributed by atoms with E-state index in [1.54, 1.807) is 18.7 Å². The third-order valence-corrected chi connectivity index (χ3v) is 5.02. The van der Waals surface area contributed by atoms with Crippen molar-refractivity contribution in [2.24, 2.45) is 0 Å². The molecule has 1 aliphatic rings. The van der Waals surface area contributed by atoms with Gasteiger partial charge in [-0.3, -0.25) is 0 Å². The minimum absolute atomic E-state index is 0.0262. The van der Waals surface area contributed by atoms with Crippen LogP contribution in [-0.4, -0.2) is 26.0 Å². The van der Waals surface area contributed by atoms with Crippen LogP contribution in [0.1, 0.15) is 25.0 Å². The second-order valence-corrected chi connectivity index (χ2v) is 6.66. The van der Waals surface area contributed by atoms with E-state index in [1.165, 1.54) is 11.1 Å². The highest BCUT2D eigenvalue weighted by Gasteiger charge is 2.36. The van der Waals surface area contributed by atoms with Gasteiger partial charge < -0.3 is 10.4 Å². The van der Waals surface area contributed by atoms with E-state index < -0.39 is 5.72 Å². The summed E-state index contributed by atoms with van der Waals surface area (Å²) in [6.07, 6.45) is 0. The van der Waals surface area contributed by atoms with Crippen LogP contribution in [0.2, 0.25) is 0 Å². The molecule has 5 heteroatoms. The van der Waals surface area contributed by atoms with Crippen molar-refractivity contribution in [3.8, 4) is 0 Å². The summed E-state index contributed by atoms with van der Waals surface area (Å²) < 4.78 is 0. The van der Waals surface area contributed by atoms with E-state index in [2.05, 4.69) is 35.2 Å². The van der Waals surface area contributed by atoms with Gasteiger partial charge >= 0.3 is 0 Å². The fourth-order valence-corrected chi connectivity index (χ4v) is 3.07. The van der Waals surface area contributed by atoms with Gasteiger partial charge in [0.2, 0.25) is 0 Å². The molecule has 0 saturated heterocycles. The number of aliphatic hydroxyl groups is 1. The number of fused-ring (bicyclic) bond motifs is 2. The van der Waals surface area contributed by atoms with Crippen LogP contribution < -0.4 is 5.32 Å². The highest BCUT2D eigenvalue weighted by Crippen LogP contribution is 2.39. The number of nitrogens with zero attached hydrogens (tertiary/aromatic N) is 2. The highest BCUT2D eigenvalue weighted by molar-refractivity contribution is 8.00. The van der Waals surface area contributed by atoms with Crippen molar-refractivity contribution in [1.29, 1.82) is 0 Å². The first-order valence-electron chi connectivity index (χ1n) is 6.33. The monoisotopic (exact) mass is 275 g/mol. The molecule has 2 aromatic rings. The number of aromatic nitrogens is 2. The number of anilines is 1. The van der Waals surface area contributed by atoms with E-state index in [4.69, 9.17) is 0 Å². The van der Waals surface area contributed by atoms with E-state index in [-0.39, 0.29) is 5.25 Å². The molecule has 2 N–H and O–H groups in total. The lowest BCUT2D eigenvalue weighted by molar-refractivity contribution is 0.0896. The molecule has 1 aromatic carbocycles. The van der Waals surface area contributed by atoms with Gasteiger partial charge in [0.15, 0.2) is 5.82 Å². The molecule has 0 spiro atoms. The average molecular weight is 275 g/mol. The van der Waals surface area contributed by atoms with Crippen LogP contribution in [0, 0.1) is 13.8 Å². The SMILES string of the molecule is Cc1cc2nc3c(nc2cc1C)SC(C)C(C)(O)N3. The van der Waals surface area contributed by atoms with Gasteiger partial charge in [0.1, 0.15) is 10.8 Å². The van der Waals surface area contributed by atoms with Crippen molar-refractivity contribution < 1.29 is 5.11 Å². The molecule has 0 fully saturated rings. The Morgan fingerprint density at radius 1 is 1.21 bits per heavy atom. The Balaban J connectivity index is 2.19. The molecule has 0 amide bonds. The molecular weight excluding hydrogens is 258 g/mol. The molecule has 2 atom stereocenters. The zero-order chi connectivity index (χ0) is 13.8. The van der Waals surface area contributed by atoms with Crippen molar-refractivity contribution in [2.45, 2.75) is 43.7 Å². The Labute approximate surface area is 116 Å². The zero-order valence-corrected chi connectivity index (χ0v) is 12.3. The minimum atomic E-state index is -0.959. The lowest BCUT2D eigenvalue weighted by atomic mass is 10.1. The quantitative estimate of drug-likeness (QED) is 0.774. The Bertz CT molecular complexity index is 669. The van der Waals surface area contributed by atoms with Crippen LogP contribution in [0.3, 0.4) is 0 Å². The van der Waals surface area contributed by atoms with Crippen LogP contribution in [0.4, 0.5) is 5.82 Å². The van der Waals surface area contributed by atoms with E-state index in [9.17, 15) is 5.11 Å². The number of nitrogens with one attached hydrogen (secondary N) is 1. The largest absolute Gasteiger partial charge is 0.370 e. The van der Waals surface area contributed by atoms with Crippen LogP contribution in [0.5, 0.6) is 0 Å². The Morgan fingerprint density at radius 2 is 1.79 bits per heavy atom. The Kier molecular flexibility index (Phi) is 2.73. The lowest BCUT2D eigenvalue weighted by Gasteiger charge is -2.35. The van der Waals surface area contributed by atoms with Gasteiger partial charge in [-0.25, -0.2) is 9.97 Å². The maximum Gasteiger partial charge on any atom is 0.161 e. The maximum absolute atomic E-state index is 10.3. The van der Waals surface area contributed by atoms with Crippen LogP contribution in [0.25, 0.3) is 11.0 Å². The van der Waals surface area contributed by atoms with Gasteiger partial charge in [-0.15, -0.1) is 0 Å². The normalized spacial score (nSPS) is 26.1. The first-order valence-corrected chi connectivity index (χ1v) is 7.21. The fourth-order valence-electron chi connectivity index (χ4n) is 2.08. The van der Waals surface area contributed by atoms with Gasteiger partial charge in [0.05, 0.1) is 16.3 Å². The molecule has 100 valence electrons. The van der Waals surface area contributed by atoms with E-state index in [0.717, 1.165) is 16.1 Å². The standard InChI is InChI=1S/C14H17N3OS/c1-7-5-10-11(6-8(7)2)16-13-12(15-10)17-14(4,18)9(3)19-13/h5-6,9,18H,1-4H3,(H,15,17). The molecule has 2 unspecified atom stereocenters. The topological polar surface area (TPSA) is 58.0 Å². The molecule has 1 aliphatic heterocycles. The third-order valence-electron chi connectivity index (χ3n) is 3.70. The zero-order valence-electron chi connectivity index (χ0n) is 11.5. The summed E-state index contributed by atoms with van der Waals surface area (Å²) >= 11 is 1.56. The molecule has 0 radical (unpaired) electrons. The second-order valence-electron chi connectivity index (χ2n) is 5.34. The molecule has 19 heavy (non-hydrogen) atoms. The minimum Gasteiger partial charge on any atom is -0.370 e. The predicted molar refractivity (Wildman–Crippen MR) is 78.6 cm³/mol. The Hall–Kier alpha value is -1.33. The number of hydrogen-bond acceptors (Lipinski definition) is 5. The Morgan fingerprint density at radius 3 is 2.42 bits per heavy atom. The fraction of sp³-hybridized carbons (Fsp3) is 0.429. The molecular formula is C14H17N3OS. The summed E-state index contributed by atoms with van der Waals surface area (Å²) in [5.74, 6) is 0.670. The van der Waals surface area contributed by atoms with Crippen LogP contribution >= 0.6 is 11.8 Å². The van der Waals surface area contributed by atoms with E-state index >= 15 is 0 Å². The van der Waals surface area contributed by atoms with Crippen molar-refractivity contribution in [3.63, 3.8) is 0 Å². The number of aryl methyl sites for hydroxylation is 2. The highest BCUT2D eigenvalue weighted by atomic mass is 32.2. The van der Waals surface area contributed by atoms with Gasteiger partial charge in [0.25, 0.3) is 0 Å². The molecule has 2 heterocycles. The van der Waals surface area contributed by atoms with E-state index in [1.807, 2.05) is 13.0 Å². The van der Waals surface area contributed by atoms with E-state index in [0.29, 0.717) is 5.82 Å². The van der Waals surface area contributed by atoms with Crippen molar-refractivity contribution in [3.05, 3.63) is 23.3 Å². The van der Waals surface area contributed by atoms with Crippen LogP contribution in [0.15, 0.2) is 17.2 Å². The number of thioether (sulfide) groups is 1. The molecule has 0 saturated carbocycles. The lowest BCUT2D eigenvalue weighted by Crippen LogP contribution is -2.46. The summed E-state index contributed by atoms with van der Waals surface area (Å²) in [5, 5.41) is 14.2. The van der Waals surface area contributed by atoms with Crippen LogP contribution in [-0.2, 0) is 0 Å². The first-order chi connectivity index (χ1) is 8.87. The molecule has 1 aromatic heterocycles. The summed E-state index contributed by atoms with van der Waals surface area (Å²) in [6.45, 7) is 7.89. The number of benzene rings is 1. The number of hydrogen-bond donors (Lipinski definition) is 2. The maximum atomic E-state index is 10.3. The van der Waals surface area contributed by atoms with Gasteiger partial charge in [-0.2, -0.15) is 0 Å². The third kappa shape index (κ3) is 2.07. The average Bonchev–Trinajstić information content (AvgIpc) is 2.30. The smallest absolute Gasteiger partial charge is 0.161 e. The number of rotatable bonds is 0. The van der Waals surface area contributed by atoms with Gasteiger partial charge in [-0.05, 0) is 51.0 Å². The molecule has 0 aliphatic carbocycles. The molecule has 4 nitrogen and oxygen atoms in total. The summed E-state index contributed by atoms with van der Waals surface area (Å²) in [4.78, 5) is 9.25. The first kappa shape index (κ1) is 12.7. The van der Waals surface area contributed by atoms with Crippen molar-refractivity contribution >= 4 is 28.6 Å². The molecule has 3 rings (SSSR count). The summed E-state index contributed by atoms with van der Waals surface area (Å²) in [6, 6.07) is 4.10. The van der Waals surface area contributed by atoms with Crippen molar-refractivity contribution in [2.75, 3.05) is 5.32 Å². The summed E-state index contributed by atoms with van der Waals surface area (Å²) in [5.41, 5.74) is 3.23.